The number of nitrogens with zero attached hydrogens (tertiary/aromatic N) is 4. The summed E-state index contributed by atoms with van der Waals surface area (Å²) in [6.07, 6.45) is 7.77. The Kier molecular flexibility index (Phi) is 11.3. The smallest absolute Gasteiger partial charge is 0.264 e. The van der Waals surface area contributed by atoms with Gasteiger partial charge in [-0.05, 0) is 68.5 Å². The highest BCUT2D eigenvalue weighted by Crippen LogP contribution is 2.36. The van der Waals surface area contributed by atoms with E-state index in [1.807, 2.05) is 34.9 Å². The van der Waals surface area contributed by atoms with Crippen LogP contribution >= 0.6 is 36.4 Å². The van der Waals surface area contributed by atoms with Gasteiger partial charge in [0.2, 0.25) is 0 Å². The standard InChI is InChI=1S/C29H37ClN4O3.2ClH/c1-3-29(32-17-6-4-7-18-32,33-19-8-5-9-20-33)34-26(21-37-23-15-13-22(30)14-16-23)31-27-24(28(34)35)11-10-12-25(27)36-2;;/h10-16H,3-9,17-21H2,1-2H3;2*1H. The monoisotopic (exact) mass is 596 g/mol. The van der Waals surface area contributed by atoms with Crippen molar-refractivity contribution in [2.45, 2.75) is 64.3 Å². The van der Waals surface area contributed by atoms with Crippen molar-refractivity contribution in [3.63, 3.8) is 0 Å². The van der Waals surface area contributed by atoms with Gasteiger partial charge in [-0.15, -0.1) is 24.8 Å². The second kappa shape index (κ2) is 14.0. The summed E-state index contributed by atoms with van der Waals surface area (Å²) in [4.78, 5) is 24.6. The molecule has 5 rings (SSSR count). The number of hydrogen-bond acceptors (Lipinski definition) is 6. The van der Waals surface area contributed by atoms with Crippen LogP contribution in [-0.2, 0) is 12.4 Å². The maximum absolute atomic E-state index is 14.5. The molecule has 0 N–H and O–H groups in total. The lowest BCUT2D eigenvalue weighted by Crippen LogP contribution is -2.66. The largest absolute Gasteiger partial charge is 0.494 e. The third-order valence-corrected chi connectivity index (χ3v) is 8.14. The topological polar surface area (TPSA) is 59.8 Å². The molecular weight excluding hydrogens is 559 g/mol. The minimum absolute atomic E-state index is 0. The summed E-state index contributed by atoms with van der Waals surface area (Å²) < 4.78 is 13.8. The third-order valence-electron chi connectivity index (χ3n) is 7.89. The average Bonchev–Trinajstić information content (AvgIpc) is 2.95. The van der Waals surface area contributed by atoms with Crippen LogP contribution in [0.15, 0.2) is 47.3 Å². The fraction of sp³-hybridized carbons (Fsp3) is 0.517. The van der Waals surface area contributed by atoms with Gasteiger partial charge in [-0.1, -0.05) is 37.4 Å². The lowest BCUT2D eigenvalue weighted by molar-refractivity contribution is -0.145. The molecule has 3 heterocycles. The van der Waals surface area contributed by atoms with Gasteiger partial charge in [0.1, 0.15) is 23.6 Å². The summed E-state index contributed by atoms with van der Waals surface area (Å²) in [6, 6.07) is 12.9. The number of benzene rings is 2. The van der Waals surface area contributed by atoms with Crippen molar-refractivity contribution >= 4 is 47.3 Å². The van der Waals surface area contributed by atoms with Crippen LogP contribution < -0.4 is 15.0 Å². The van der Waals surface area contributed by atoms with E-state index >= 15 is 0 Å². The van der Waals surface area contributed by atoms with Gasteiger partial charge in [-0.25, -0.2) is 4.98 Å². The first-order chi connectivity index (χ1) is 18.1. The third kappa shape index (κ3) is 6.18. The normalized spacial score (nSPS) is 16.8. The Balaban J connectivity index is 0.00000210. The number of ether oxygens (including phenoxy) is 2. The summed E-state index contributed by atoms with van der Waals surface area (Å²) in [6.45, 7) is 6.22. The van der Waals surface area contributed by atoms with Gasteiger partial charge in [0.15, 0.2) is 11.6 Å². The van der Waals surface area contributed by atoms with Crippen molar-refractivity contribution in [2.24, 2.45) is 0 Å². The number of piperidine rings is 2. The number of fused-ring (bicyclic) bond motifs is 1. The first-order valence-corrected chi connectivity index (χ1v) is 13.9. The second-order valence-corrected chi connectivity index (χ2v) is 10.4. The van der Waals surface area contributed by atoms with Crippen molar-refractivity contribution in [3.05, 3.63) is 63.7 Å². The van der Waals surface area contributed by atoms with Gasteiger partial charge in [0.05, 0.1) is 12.5 Å². The van der Waals surface area contributed by atoms with Gasteiger partial charge < -0.3 is 9.47 Å². The van der Waals surface area contributed by atoms with Crippen molar-refractivity contribution < 1.29 is 9.47 Å². The fourth-order valence-electron chi connectivity index (χ4n) is 6.13. The highest BCUT2D eigenvalue weighted by molar-refractivity contribution is 6.30. The van der Waals surface area contributed by atoms with Crippen molar-refractivity contribution in [3.8, 4) is 11.5 Å². The van der Waals surface area contributed by atoms with Crippen LogP contribution in [0.1, 0.15) is 57.7 Å². The number of aromatic nitrogens is 2. The Morgan fingerprint density at radius 3 is 2.03 bits per heavy atom. The van der Waals surface area contributed by atoms with Crippen LogP contribution in [0.2, 0.25) is 5.02 Å². The molecule has 0 unspecified atom stereocenters. The van der Waals surface area contributed by atoms with E-state index in [1.54, 1.807) is 19.2 Å². The first-order valence-electron chi connectivity index (χ1n) is 13.6. The number of rotatable bonds is 8. The number of likely N-dealkylation sites (tertiary alicyclic amines) is 2. The highest BCUT2D eigenvalue weighted by Gasteiger charge is 2.46. The van der Waals surface area contributed by atoms with E-state index in [0.717, 1.165) is 58.3 Å². The van der Waals surface area contributed by atoms with Crippen LogP contribution in [0.5, 0.6) is 11.5 Å². The zero-order valence-electron chi connectivity index (χ0n) is 22.7. The van der Waals surface area contributed by atoms with E-state index in [-0.39, 0.29) is 37.0 Å². The van der Waals surface area contributed by atoms with Gasteiger partial charge in [0, 0.05) is 31.2 Å². The van der Waals surface area contributed by atoms with Gasteiger partial charge in [-0.2, -0.15) is 0 Å². The predicted molar refractivity (Wildman–Crippen MR) is 162 cm³/mol. The number of para-hydroxylation sites is 1. The fourth-order valence-corrected chi connectivity index (χ4v) is 6.25. The average molecular weight is 598 g/mol. The molecular formula is C29H39Cl3N4O3. The van der Waals surface area contributed by atoms with E-state index in [2.05, 4.69) is 16.7 Å². The molecule has 0 aliphatic carbocycles. The molecule has 0 bridgehead atoms. The number of methoxy groups -OCH3 is 1. The molecule has 3 aromatic rings. The van der Waals surface area contributed by atoms with Crippen molar-refractivity contribution in [1.82, 2.24) is 19.4 Å². The Hall–Kier alpha value is -2.03. The molecule has 0 amide bonds. The summed E-state index contributed by atoms with van der Waals surface area (Å²) in [5, 5.41) is 1.22. The molecule has 0 saturated carbocycles. The molecule has 214 valence electrons. The molecule has 10 heteroatoms. The van der Waals surface area contributed by atoms with Crippen LogP contribution in [0, 0.1) is 0 Å². The SMILES string of the molecule is CCC(N1CCCCC1)(N1CCCCC1)n1c(COc2ccc(Cl)cc2)nc2c(OC)cccc2c1=O.Cl.Cl. The van der Waals surface area contributed by atoms with Crippen LogP contribution in [0.3, 0.4) is 0 Å². The van der Waals surface area contributed by atoms with Gasteiger partial charge in [-0.3, -0.25) is 19.2 Å². The summed E-state index contributed by atoms with van der Waals surface area (Å²) in [5.74, 6) is 1.28. The zero-order valence-corrected chi connectivity index (χ0v) is 25.1. The minimum atomic E-state index is -0.596. The molecule has 0 atom stereocenters. The molecule has 2 fully saturated rings. The molecule has 2 aliphatic rings. The lowest BCUT2D eigenvalue weighted by atomic mass is 10.0. The van der Waals surface area contributed by atoms with E-state index < -0.39 is 5.79 Å². The summed E-state index contributed by atoms with van der Waals surface area (Å²) in [5.41, 5.74) is 0.528. The van der Waals surface area contributed by atoms with Crippen LogP contribution in [0.25, 0.3) is 10.9 Å². The maximum atomic E-state index is 14.5. The van der Waals surface area contributed by atoms with E-state index in [9.17, 15) is 4.79 Å². The molecule has 39 heavy (non-hydrogen) atoms. The molecule has 0 spiro atoms. The summed E-state index contributed by atoms with van der Waals surface area (Å²) in [7, 11) is 1.61. The second-order valence-electron chi connectivity index (χ2n) is 9.99. The number of halogens is 3. The first kappa shape index (κ1) is 31.5. The van der Waals surface area contributed by atoms with Gasteiger partial charge in [0.25, 0.3) is 5.56 Å². The lowest BCUT2D eigenvalue weighted by Gasteiger charge is -2.54. The molecule has 2 aromatic carbocycles. The molecule has 2 aliphatic heterocycles. The Labute approximate surface area is 248 Å². The summed E-state index contributed by atoms with van der Waals surface area (Å²) >= 11 is 6.09. The van der Waals surface area contributed by atoms with Gasteiger partial charge >= 0.3 is 0 Å². The van der Waals surface area contributed by atoms with Crippen molar-refractivity contribution in [1.29, 1.82) is 0 Å². The van der Waals surface area contributed by atoms with Crippen LogP contribution in [-0.4, -0.2) is 52.6 Å². The Bertz CT molecular complexity index is 1260. The highest BCUT2D eigenvalue weighted by atomic mass is 35.5. The molecule has 2 saturated heterocycles. The Morgan fingerprint density at radius 2 is 1.49 bits per heavy atom. The molecule has 7 nitrogen and oxygen atoms in total. The quantitative estimate of drug-likeness (QED) is 0.297. The van der Waals surface area contributed by atoms with E-state index in [1.165, 1.54) is 12.8 Å². The maximum Gasteiger partial charge on any atom is 0.264 e. The van der Waals surface area contributed by atoms with Crippen LogP contribution in [0.4, 0.5) is 0 Å². The molecule has 1 aromatic heterocycles. The Morgan fingerprint density at radius 1 is 0.897 bits per heavy atom. The minimum Gasteiger partial charge on any atom is -0.494 e. The van der Waals surface area contributed by atoms with Crippen molar-refractivity contribution in [2.75, 3.05) is 33.3 Å². The molecule has 0 radical (unpaired) electrons. The number of hydrogen-bond donors (Lipinski definition) is 0. The van der Waals surface area contributed by atoms with E-state index in [0.29, 0.717) is 33.2 Å². The zero-order chi connectivity index (χ0) is 25.8. The predicted octanol–water partition coefficient (Wildman–Crippen LogP) is 6.47. The van der Waals surface area contributed by atoms with E-state index in [4.69, 9.17) is 26.1 Å².